The van der Waals surface area contributed by atoms with Gasteiger partial charge in [-0.1, -0.05) is 17.8 Å². The van der Waals surface area contributed by atoms with Crippen LogP contribution in [-0.4, -0.2) is 65.8 Å². The Morgan fingerprint density at radius 2 is 2.08 bits per heavy atom. The van der Waals surface area contributed by atoms with Crippen molar-refractivity contribution in [2.45, 2.75) is 56.3 Å². The molecule has 2 heterocycles. The number of benzene rings is 1. The Bertz CT molecular complexity index is 1220. The summed E-state index contributed by atoms with van der Waals surface area (Å²) in [4.78, 5) is 33.9. The zero-order valence-electron chi connectivity index (χ0n) is 21.8. The lowest BCUT2D eigenvalue weighted by Gasteiger charge is -2.36. The molecule has 36 heavy (non-hydrogen) atoms. The van der Waals surface area contributed by atoms with Crippen LogP contribution in [0.5, 0.6) is 5.75 Å². The van der Waals surface area contributed by atoms with Crippen molar-refractivity contribution >= 4 is 17.9 Å². The number of rotatable bonds is 7. The lowest BCUT2D eigenvalue weighted by molar-refractivity contribution is 0.0283. The second-order valence-electron chi connectivity index (χ2n) is 10.3. The molecule has 1 unspecified atom stereocenters. The number of nitrogens with zero attached hydrogens (tertiary/aromatic N) is 3. The molecule has 1 spiro atoms. The minimum absolute atomic E-state index is 0.0766. The van der Waals surface area contributed by atoms with Crippen molar-refractivity contribution in [3.05, 3.63) is 52.3 Å². The van der Waals surface area contributed by atoms with Gasteiger partial charge in [-0.2, -0.15) is 0 Å². The maximum Gasteiger partial charge on any atom is 0.410 e. The van der Waals surface area contributed by atoms with Crippen molar-refractivity contribution < 1.29 is 19.0 Å². The van der Waals surface area contributed by atoms with Gasteiger partial charge in [0.25, 0.3) is 5.56 Å². The molecule has 2 aromatic rings. The van der Waals surface area contributed by atoms with Crippen molar-refractivity contribution in [2.24, 2.45) is 0 Å². The number of likely N-dealkylation sites (tertiary alicyclic amines) is 1. The second kappa shape index (κ2) is 10.3. The first kappa shape index (κ1) is 26.3. The highest BCUT2D eigenvalue weighted by Crippen LogP contribution is 2.47. The summed E-state index contributed by atoms with van der Waals surface area (Å²) >= 11 is 1.49. The fraction of sp³-hybridized carbons (Fsp3) is 0.519. The van der Waals surface area contributed by atoms with Gasteiger partial charge in [0, 0.05) is 43.5 Å². The summed E-state index contributed by atoms with van der Waals surface area (Å²) in [6.45, 7) is 11.2. The Hall–Kier alpha value is -2.78. The number of carbonyl (C=O) groups excluding carboxylic acids is 1. The van der Waals surface area contributed by atoms with E-state index in [-0.39, 0.29) is 11.7 Å². The topological polar surface area (TPSA) is 82.9 Å². The minimum atomic E-state index is -0.593. The van der Waals surface area contributed by atoms with Crippen LogP contribution in [-0.2, 0) is 27.9 Å². The largest absolute Gasteiger partial charge is 0.497 e. The van der Waals surface area contributed by atoms with Gasteiger partial charge < -0.3 is 19.1 Å². The molecule has 0 bridgehead atoms. The number of hydrogen-bond donors (Lipinski definition) is 0. The van der Waals surface area contributed by atoms with E-state index in [0.717, 1.165) is 16.9 Å². The number of aromatic nitrogens is 2. The van der Waals surface area contributed by atoms with Crippen LogP contribution in [0.1, 0.15) is 38.3 Å². The number of thioether (sulfide) groups is 1. The fourth-order valence-electron chi connectivity index (χ4n) is 5.05. The van der Waals surface area contributed by atoms with Crippen LogP contribution < -0.4 is 10.3 Å². The summed E-state index contributed by atoms with van der Waals surface area (Å²) in [6, 6.07) is 5.90. The quantitative estimate of drug-likeness (QED) is 0.237. The van der Waals surface area contributed by atoms with Gasteiger partial charge in [0.2, 0.25) is 0 Å². The van der Waals surface area contributed by atoms with Gasteiger partial charge in [-0.25, -0.2) is 9.78 Å². The molecule has 4 rings (SSSR count). The van der Waals surface area contributed by atoms with Gasteiger partial charge in [-0.15, -0.1) is 6.58 Å². The van der Waals surface area contributed by atoms with Gasteiger partial charge in [0.15, 0.2) is 5.16 Å². The van der Waals surface area contributed by atoms with Crippen LogP contribution in [0.2, 0.25) is 0 Å². The van der Waals surface area contributed by atoms with Crippen molar-refractivity contribution in [3.63, 3.8) is 0 Å². The zero-order valence-corrected chi connectivity index (χ0v) is 22.6. The SMILES string of the molecule is C=CCn1c(SCCOC)nc2c(c1=O)C1(CCN(C(=O)OC(C)(C)C)C1)Cc1cc(OC)ccc1-2. The molecule has 0 N–H and O–H groups in total. The normalized spacial score (nSPS) is 18.6. The van der Waals surface area contributed by atoms with Crippen LogP contribution in [0.15, 0.2) is 40.8 Å². The first-order valence-electron chi connectivity index (χ1n) is 12.2. The molecule has 1 aliphatic heterocycles. The van der Waals surface area contributed by atoms with Crippen molar-refractivity contribution in [3.8, 4) is 17.0 Å². The third kappa shape index (κ3) is 5.04. The molecule has 0 saturated carbocycles. The molecule has 1 saturated heterocycles. The minimum Gasteiger partial charge on any atom is -0.497 e. The average Bonchev–Trinajstić information content (AvgIpc) is 3.24. The molecule has 1 fully saturated rings. The summed E-state index contributed by atoms with van der Waals surface area (Å²) < 4.78 is 18.1. The number of methoxy groups -OCH3 is 2. The third-order valence-corrected chi connectivity index (χ3v) is 7.54. The van der Waals surface area contributed by atoms with Gasteiger partial charge >= 0.3 is 6.09 Å². The van der Waals surface area contributed by atoms with E-state index < -0.39 is 11.0 Å². The van der Waals surface area contributed by atoms with Crippen LogP contribution >= 0.6 is 11.8 Å². The summed E-state index contributed by atoms with van der Waals surface area (Å²) in [6.07, 6.45) is 2.62. The Morgan fingerprint density at radius 3 is 2.75 bits per heavy atom. The van der Waals surface area contributed by atoms with Crippen LogP contribution in [0.4, 0.5) is 4.79 Å². The number of allylic oxidation sites excluding steroid dienone is 1. The first-order valence-corrected chi connectivity index (χ1v) is 13.1. The molecule has 2 aliphatic rings. The van der Waals surface area contributed by atoms with Crippen LogP contribution in [0.25, 0.3) is 11.3 Å². The maximum absolute atomic E-state index is 14.1. The molecule has 1 amide bonds. The number of hydrogen-bond acceptors (Lipinski definition) is 7. The second-order valence-corrected chi connectivity index (χ2v) is 11.4. The molecule has 1 aromatic heterocycles. The van der Waals surface area contributed by atoms with E-state index in [9.17, 15) is 9.59 Å². The lowest BCUT2D eigenvalue weighted by atomic mass is 9.69. The van der Waals surface area contributed by atoms with Crippen LogP contribution in [0, 0.1) is 0 Å². The van der Waals surface area contributed by atoms with E-state index in [1.54, 1.807) is 29.8 Å². The van der Waals surface area contributed by atoms with Crippen LogP contribution in [0.3, 0.4) is 0 Å². The van der Waals surface area contributed by atoms with Crippen molar-refractivity contribution in [2.75, 3.05) is 39.7 Å². The van der Waals surface area contributed by atoms with Crippen molar-refractivity contribution in [1.82, 2.24) is 14.5 Å². The molecule has 9 heteroatoms. The van der Waals surface area contributed by atoms with E-state index in [0.29, 0.717) is 61.2 Å². The summed E-state index contributed by atoms with van der Waals surface area (Å²) in [5.41, 5.74) is 2.13. The summed E-state index contributed by atoms with van der Waals surface area (Å²) in [5.74, 6) is 1.43. The summed E-state index contributed by atoms with van der Waals surface area (Å²) in [7, 11) is 3.30. The molecule has 0 radical (unpaired) electrons. The van der Waals surface area contributed by atoms with Gasteiger partial charge in [-0.3, -0.25) is 9.36 Å². The van der Waals surface area contributed by atoms with Gasteiger partial charge in [-0.05, 0) is 57.4 Å². The molecule has 8 nitrogen and oxygen atoms in total. The molecule has 1 aromatic carbocycles. The Kier molecular flexibility index (Phi) is 7.52. The van der Waals surface area contributed by atoms with E-state index in [1.807, 2.05) is 39.0 Å². The Balaban J connectivity index is 1.86. The number of carbonyl (C=O) groups is 1. The first-order chi connectivity index (χ1) is 17.1. The average molecular weight is 514 g/mol. The smallest absolute Gasteiger partial charge is 0.410 e. The highest BCUT2D eigenvalue weighted by molar-refractivity contribution is 7.99. The predicted molar refractivity (Wildman–Crippen MR) is 141 cm³/mol. The molecular formula is C27H35N3O5S. The number of fused-ring (bicyclic) bond motifs is 4. The highest BCUT2D eigenvalue weighted by atomic mass is 32.2. The predicted octanol–water partition coefficient (Wildman–Crippen LogP) is 4.28. The van der Waals surface area contributed by atoms with E-state index in [2.05, 4.69) is 6.58 Å². The Labute approximate surface area is 216 Å². The highest BCUT2D eigenvalue weighted by Gasteiger charge is 2.49. The lowest BCUT2D eigenvalue weighted by Crippen LogP contribution is -2.45. The third-order valence-electron chi connectivity index (χ3n) is 6.60. The summed E-state index contributed by atoms with van der Waals surface area (Å²) in [5, 5.41) is 0.636. The molecule has 1 aliphatic carbocycles. The zero-order chi connectivity index (χ0) is 26.1. The van der Waals surface area contributed by atoms with E-state index in [1.165, 1.54) is 11.8 Å². The van der Waals surface area contributed by atoms with E-state index in [4.69, 9.17) is 19.2 Å². The van der Waals surface area contributed by atoms with Gasteiger partial charge in [0.05, 0.1) is 25.0 Å². The molecule has 194 valence electrons. The number of amides is 1. The number of ether oxygens (including phenoxy) is 3. The standard InChI is InChI=1S/C27H35N3O5S/c1-7-11-30-23(31)21-22(28-24(30)36-14-13-33-5)20-9-8-19(34-6)15-18(20)16-27(21)10-12-29(17-27)25(32)35-26(2,3)4/h7-9,15H,1,10-14,16-17H2,2-6H3. The van der Waals surface area contributed by atoms with E-state index >= 15 is 0 Å². The maximum atomic E-state index is 14.1. The van der Waals surface area contributed by atoms with Crippen molar-refractivity contribution in [1.29, 1.82) is 0 Å². The molecular weight excluding hydrogens is 478 g/mol. The Morgan fingerprint density at radius 1 is 1.31 bits per heavy atom. The monoisotopic (exact) mass is 513 g/mol. The molecule has 1 atom stereocenters. The fourth-order valence-corrected chi connectivity index (χ4v) is 5.96. The van der Waals surface area contributed by atoms with Gasteiger partial charge in [0.1, 0.15) is 11.4 Å².